The van der Waals surface area contributed by atoms with Gasteiger partial charge in [-0.05, 0) is 30.9 Å². The van der Waals surface area contributed by atoms with Crippen molar-refractivity contribution in [1.82, 2.24) is 0 Å². The van der Waals surface area contributed by atoms with E-state index in [0.29, 0.717) is 59.4 Å². The number of anilines is 1. The Balaban J connectivity index is 2.78. The van der Waals surface area contributed by atoms with Gasteiger partial charge in [-0.3, -0.25) is 9.59 Å². The molecule has 0 aliphatic carbocycles. The fourth-order valence-electron chi connectivity index (χ4n) is 3.04. The molecule has 0 saturated carbocycles. The maximum atomic E-state index is 12.3. The summed E-state index contributed by atoms with van der Waals surface area (Å²) in [5.41, 5.74) is 1.56. The van der Waals surface area contributed by atoms with Crippen LogP contribution in [0.15, 0.2) is 18.2 Å². The van der Waals surface area contributed by atoms with E-state index < -0.39 is 0 Å². The zero-order chi connectivity index (χ0) is 20.7. The fraction of sp³-hybridized carbons (Fsp3) is 0.455. The number of hydrogen-bond acceptors (Lipinski definition) is 6. The van der Waals surface area contributed by atoms with Crippen LogP contribution in [0.1, 0.15) is 52.0 Å². The predicted molar refractivity (Wildman–Crippen MR) is 111 cm³/mol. The zero-order valence-corrected chi connectivity index (χ0v) is 17.3. The van der Waals surface area contributed by atoms with E-state index in [1.54, 1.807) is 7.05 Å². The Labute approximate surface area is 166 Å². The highest BCUT2D eigenvalue weighted by Crippen LogP contribution is 2.50. The van der Waals surface area contributed by atoms with Gasteiger partial charge in [0.15, 0.2) is 17.2 Å². The van der Waals surface area contributed by atoms with Gasteiger partial charge in [0, 0.05) is 30.7 Å². The van der Waals surface area contributed by atoms with Crippen LogP contribution in [-0.4, -0.2) is 26.1 Å². The summed E-state index contributed by atoms with van der Waals surface area (Å²) in [6.45, 7) is 5.89. The molecule has 0 aliphatic heterocycles. The summed E-state index contributed by atoms with van der Waals surface area (Å²) in [6, 6.07) is 5.80. The first-order chi connectivity index (χ1) is 13.5. The minimum Gasteiger partial charge on any atom is -0.491 e. The van der Waals surface area contributed by atoms with Gasteiger partial charge in [0.2, 0.25) is 0 Å². The lowest BCUT2D eigenvalue weighted by Gasteiger charge is -2.20. The number of benzene rings is 2. The van der Waals surface area contributed by atoms with Gasteiger partial charge in [-0.2, -0.15) is 0 Å². The van der Waals surface area contributed by atoms with Crippen molar-refractivity contribution >= 4 is 28.4 Å². The number of carbonyl (C=O) groups is 2. The minimum atomic E-state index is -0.334. The van der Waals surface area contributed by atoms with Crippen molar-refractivity contribution < 1.29 is 23.8 Å². The standard InChI is InChI=1S/C22H29NO5/c1-6-9-17(24)27-20-16-13-14(8-3)11-12-15(16)21(28-18(25)10-7-2)22(26-5)19(20)23-4/h11-13,23H,6-10H2,1-5H3. The van der Waals surface area contributed by atoms with Gasteiger partial charge in [0.25, 0.3) is 0 Å². The lowest BCUT2D eigenvalue weighted by Crippen LogP contribution is -2.12. The highest BCUT2D eigenvalue weighted by atomic mass is 16.6. The maximum absolute atomic E-state index is 12.3. The Morgan fingerprint density at radius 3 is 2.00 bits per heavy atom. The van der Waals surface area contributed by atoms with Crippen molar-refractivity contribution in [2.75, 3.05) is 19.5 Å². The number of ether oxygens (including phenoxy) is 3. The first-order valence-corrected chi connectivity index (χ1v) is 9.76. The molecule has 0 aromatic heterocycles. The maximum Gasteiger partial charge on any atom is 0.311 e. The molecule has 6 nitrogen and oxygen atoms in total. The van der Waals surface area contributed by atoms with E-state index >= 15 is 0 Å². The van der Waals surface area contributed by atoms with Gasteiger partial charge in [-0.1, -0.05) is 32.9 Å². The van der Waals surface area contributed by atoms with E-state index in [0.717, 1.165) is 12.0 Å². The molecule has 1 N–H and O–H groups in total. The first kappa shape index (κ1) is 21.5. The average Bonchev–Trinajstić information content (AvgIpc) is 2.69. The molecular weight excluding hydrogens is 358 g/mol. The number of methoxy groups -OCH3 is 1. The Morgan fingerprint density at radius 2 is 1.50 bits per heavy atom. The Hall–Kier alpha value is -2.76. The van der Waals surface area contributed by atoms with Crippen LogP contribution in [0.2, 0.25) is 0 Å². The van der Waals surface area contributed by atoms with E-state index in [9.17, 15) is 9.59 Å². The van der Waals surface area contributed by atoms with Crippen molar-refractivity contribution in [1.29, 1.82) is 0 Å². The van der Waals surface area contributed by atoms with Gasteiger partial charge in [-0.25, -0.2) is 0 Å². The van der Waals surface area contributed by atoms with Crippen LogP contribution >= 0.6 is 0 Å². The van der Waals surface area contributed by atoms with Gasteiger partial charge >= 0.3 is 11.9 Å². The molecule has 0 atom stereocenters. The second kappa shape index (κ2) is 9.97. The second-order valence-corrected chi connectivity index (χ2v) is 6.50. The Morgan fingerprint density at radius 1 is 0.893 bits per heavy atom. The van der Waals surface area contributed by atoms with Crippen LogP contribution in [0.5, 0.6) is 17.2 Å². The number of esters is 2. The quantitative estimate of drug-likeness (QED) is 0.489. The SMILES string of the molecule is CCCC(=O)Oc1c(NC)c(OC)c(OC(=O)CCC)c2ccc(CC)cc12. The third kappa shape index (κ3) is 4.55. The average molecular weight is 387 g/mol. The van der Waals surface area contributed by atoms with Crippen LogP contribution in [0.4, 0.5) is 5.69 Å². The smallest absolute Gasteiger partial charge is 0.311 e. The van der Waals surface area contributed by atoms with E-state index in [2.05, 4.69) is 12.2 Å². The Bertz CT molecular complexity index is 860. The molecule has 28 heavy (non-hydrogen) atoms. The molecule has 0 radical (unpaired) electrons. The fourth-order valence-corrected chi connectivity index (χ4v) is 3.04. The van der Waals surface area contributed by atoms with Crippen LogP contribution in [0.3, 0.4) is 0 Å². The molecule has 0 spiro atoms. The van der Waals surface area contributed by atoms with Crippen LogP contribution < -0.4 is 19.5 Å². The third-order valence-corrected chi connectivity index (χ3v) is 4.44. The normalized spacial score (nSPS) is 10.6. The molecule has 0 heterocycles. The molecule has 2 aromatic carbocycles. The van der Waals surface area contributed by atoms with Gasteiger partial charge in [0.1, 0.15) is 5.69 Å². The Kier molecular flexibility index (Phi) is 7.67. The van der Waals surface area contributed by atoms with E-state index in [1.165, 1.54) is 7.11 Å². The molecule has 0 bridgehead atoms. The lowest BCUT2D eigenvalue weighted by molar-refractivity contribution is -0.135. The molecule has 2 aromatic rings. The van der Waals surface area contributed by atoms with Gasteiger partial charge in [0.05, 0.1) is 7.11 Å². The number of nitrogens with one attached hydrogen (secondary N) is 1. The molecule has 0 amide bonds. The highest BCUT2D eigenvalue weighted by molar-refractivity contribution is 6.04. The summed E-state index contributed by atoms with van der Waals surface area (Å²) >= 11 is 0. The monoisotopic (exact) mass is 387 g/mol. The van der Waals surface area contributed by atoms with Crippen molar-refractivity contribution in [3.05, 3.63) is 23.8 Å². The molecule has 0 fully saturated rings. The van der Waals surface area contributed by atoms with Crippen molar-refractivity contribution in [2.45, 2.75) is 52.9 Å². The highest BCUT2D eigenvalue weighted by Gasteiger charge is 2.25. The molecule has 0 unspecified atom stereocenters. The van der Waals surface area contributed by atoms with Crippen molar-refractivity contribution in [2.24, 2.45) is 0 Å². The number of rotatable bonds is 9. The van der Waals surface area contributed by atoms with Crippen LogP contribution in [0.25, 0.3) is 10.8 Å². The number of hydrogen-bond donors (Lipinski definition) is 1. The van der Waals surface area contributed by atoms with Gasteiger partial charge in [-0.15, -0.1) is 0 Å². The topological polar surface area (TPSA) is 73.9 Å². The van der Waals surface area contributed by atoms with Crippen molar-refractivity contribution in [3.8, 4) is 17.2 Å². The molecule has 2 rings (SSSR count). The summed E-state index contributed by atoms with van der Waals surface area (Å²) in [5, 5.41) is 4.41. The van der Waals surface area contributed by atoms with Crippen LogP contribution in [0, 0.1) is 0 Å². The lowest BCUT2D eigenvalue weighted by atomic mass is 10.0. The second-order valence-electron chi connectivity index (χ2n) is 6.50. The molecule has 0 saturated heterocycles. The van der Waals surface area contributed by atoms with Gasteiger partial charge < -0.3 is 19.5 Å². The number of carbonyl (C=O) groups excluding carboxylic acids is 2. The number of fused-ring (bicyclic) bond motifs is 1. The van der Waals surface area contributed by atoms with Crippen molar-refractivity contribution in [3.63, 3.8) is 0 Å². The summed E-state index contributed by atoms with van der Waals surface area (Å²) < 4.78 is 16.9. The third-order valence-electron chi connectivity index (χ3n) is 4.44. The summed E-state index contributed by atoms with van der Waals surface area (Å²) in [7, 11) is 3.21. The summed E-state index contributed by atoms with van der Waals surface area (Å²) in [4.78, 5) is 24.5. The summed E-state index contributed by atoms with van der Waals surface area (Å²) in [6.07, 6.45) is 2.82. The van der Waals surface area contributed by atoms with E-state index in [-0.39, 0.29) is 11.9 Å². The molecular formula is C22H29NO5. The predicted octanol–water partition coefficient (Wildman–Crippen LogP) is 4.86. The molecule has 6 heteroatoms. The number of aryl methyl sites for hydroxylation is 1. The van der Waals surface area contributed by atoms with E-state index in [4.69, 9.17) is 14.2 Å². The van der Waals surface area contributed by atoms with Crippen LogP contribution in [-0.2, 0) is 16.0 Å². The zero-order valence-electron chi connectivity index (χ0n) is 17.3. The minimum absolute atomic E-state index is 0.305. The molecule has 152 valence electrons. The summed E-state index contributed by atoms with van der Waals surface area (Å²) in [5.74, 6) is 0.402. The largest absolute Gasteiger partial charge is 0.491 e. The molecule has 0 aliphatic rings. The first-order valence-electron chi connectivity index (χ1n) is 9.76. The van der Waals surface area contributed by atoms with E-state index in [1.807, 2.05) is 32.0 Å².